The number of para-hydroxylation sites is 1. The summed E-state index contributed by atoms with van der Waals surface area (Å²) in [7, 11) is 0. The maximum atomic E-state index is 12.5. The van der Waals surface area contributed by atoms with Gasteiger partial charge in [0.1, 0.15) is 5.76 Å². The smallest absolute Gasteiger partial charge is 0.228 e. The molecule has 1 heterocycles. The van der Waals surface area contributed by atoms with E-state index in [1.807, 2.05) is 43.3 Å². The van der Waals surface area contributed by atoms with E-state index in [1.54, 1.807) is 22.1 Å². The third-order valence-corrected chi connectivity index (χ3v) is 3.65. The van der Waals surface area contributed by atoms with Crippen LogP contribution in [0.15, 0.2) is 53.1 Å². The van der Waals surface area contributed by atoms with Crippen molar-refractivity contribution in [1.82, 2.24) is 4.90 Å². The van der Waals surface area contributed by atoms with Crippen LogP contribution in [0.2, 0.25) is 0 Å². The minimum absolute atomic E-state index is 0.00407. The van der Waals surface area contributed by atoms with E-state index in [-0.39, 0.29) is 18.2 Å². The van der Waals surface area contributed by atoms with Crippen molar-refractivity contribution in [2.75, 3.05) is 18.0 Å². The van der Waals surface area contributed by atoms with Crippen molar-refractivity contribution in [1.29, 1.82) is 0 Å². The standard InChI is InChI=1S/C18H22N2O3/c1-3-20(16-8-5-4-6-9-16)18(22)11-12-19(15(2)21)14-17-10-7-13-23-17/h4-10,13H,3,11-12,14H2,1-2H3. The van der Waals surface area contributed by atoms with Crippen molar-refractivity contribution in [3.8, 4) is 0 Å². The van der Waals surface area contributed by atoms with E-state index in [1.165, 1.54) is 6.92 Å². The van der Waals surface area contributed by atoms with E-state index in [9.17, 15) is 9.59 Å². The van der Waals surface area contributed by atoms with Crippen LogP contribution in [0.25, 0.3) is 0 Å². The Morgan fingerprint density at radius 3 is 2.39 bits per heavy atom. The van der Waals surface area contributed by atoms with Gasteiger partial charge in [0.05, 0.1) is 12.8 Å². The summed E-state index contributed by atoms with van der Waals surface area (Å²) in [6.07, 6.45) is 1.86. The minimum atomic E-state index is -0.0723. The number of hydrogen-bond donors (Lipinski definition) is 0. The van der Waals surface area contributed by atoms with Crippen LogP contribution in [0.1, 0.15) is 26.0 Å². The quantitative estimate of drug-likeness (QED) is 0.789. The monoisotopic (exact) mass is 314 g/mol. The Bertz CT molecular complexity index is 623. The number of nitrogens with zero attached hydrogens (tertiary/aromatic N) is 2. The highest BCUT2D eigenvalue weighted by Gasteiger charge is 2.17. The Hall–Kier alpha value is -2.56. The molecule has 0 spiro atoms. The number of anilines is 1. The Morgan fingerprint density at radius 2 is 1.83 bits per heavy atom. The summed E-state index contributed by atoms with van der Waals surface area (Å²) in [5.41, 5.74) is 0.875. The molecule has 0 saturated carbocycles. The molecule has 0 aliphatic carbocycles. The Morgan fingerprint density at radius 1 is 1.09 bits per heavy atom. The molecule has 0 saturated heterocycles. The van der Waals surface area contributed by atoms with E-state index in [4.69, 9.17) is 4.42 Å². The Labute approximate surface area is 136 Å². The largest absolute Gasteiger partial charge is 0.467 e. The van der Waals surface area contributed by atoms with Crippen LogP contribution in [-0.2, 0) is 16.1 Å². The van der Waals surface area contributed by atoms with Gasteiger partial charge in [0.2, 0.25) is 11.8 Å². The lowest BCUT2D eigenvalue weighted by Gasteiger charge is -2.24. The van der Waals surface area contributed by atoms with Crippen LogP contribution in [0.3, 0.4) is 0 Å². The van der Waals surface area contributed by atoms with E-state index in [0.29, 0.717) is 25.4 Å². The average molecular weight is 314 g/mol. The zero-order valence-corrected chi connectivity index (χ0v) is 13.6. The van der Waals surface area contributed by atoms with Crippen molar-refractivity contribution >= 4 is 17.5 Å². The number of amides is 2. The first-order chi connectivity index (χ1) is 11.1. The van der Waals surface area contributed by atoms with Crippen LogP contribution in [-0.4, -0.2) is 29.8 Å². The van der Waals surface area contributed by atoms with Crippen molar-refractivity contribution in [2.45, 2.75) is 26.8 Å². The molecule has 0 aliphatic heterocycles. The van der Waals surface area contributed by atoms with Crippen molar-refractivity contribution in [3.63, 3.8) is 0 Å². The molecular weight excluding hydrogens is 292 g/mol. The van der Waals surface area contributed by atoms with Crippen LogP contribution < -0.4 is 4.90 Å². The van der Waals surface area contributed by atoms with E-state index < -0.39 is 0 Å². The summed E-state index contributed by atoms with van der Waals surface area (Å²) in [6, 6.07) is 13.2. The predicted octanol–water partition coefficient (Wildman–Crippen LogP) is 3.07. The molecule has 5 heteroatoms. The molecular formula is C18H22N2O3. The number of rotatable bonds is 7. The highest BCUT2D eigenvalue weighted by Crippen LogP contribution is 2.15. The van der Waals surface area contributed by atoms with E-state index >= 15 is 0 Å². The molecule has 23 heavy (non-hydrogen) atoms. The maximum absolute atomic E-state index is 12.5. The first-order valence-electron chi connectivity index (χ1n) is 7.75. The molecule has 2 rings (SSSR count). The number of benzene rings is 1. The molecule has 0 atom stereocenters. The summed E-state index contributed by atoms with van der Waals surface area (Å²) in [4.78, 5) is 27.6. The number of carbonyl (C=O) groups is 2. The molecule has 0 bridgehead atoms. The zero-order valence-electron chi connectivity index (χ0n) is 13.6. The van der Waals surface area contributed by atoms with Gasteiger partial charge in [-0.05, 0) is 31.2 Å². The van der Waals surface area contributed by atoms with Crippen LogP contribution in [0.4, 0.5) is 5.69 Å². The molecule has 122 valence electrons. The van der Waals surface area contributed by atoms with Gasteiger partial charge < -0.3 is 14.2 Å². The first-order valence-corrected chi connectivity index (χ1v) is 7.75. The lowest BCUT2D eigenvalue weighted by Crippen LogP contribution is -2.36. The second kappa shape index (κ2) is 8.17. The van der Waals surface area contributed by atoms with E-state index in [0.717, 1.165) is 5.69 Å². The van der Waals surface area contributed by atoms with Gasteiger partial charge in [0, 0.05) is 32.1 Å². The fourth-order valence-electron chi connectivity index (χ4n) is 2.41. The van der Waals surface area contributed by atoms with E-state index in [2.05, 4.69) is 0 Å². The summed E-state index contributed by atoms with van der Waals surface area (Å²) in [5.74, 6) is 0.643. The zero-order chi connectivity index (χ0) is 16.7. The van der Waals surface area contributed by atoms with Gasteiger partial charge in [-0.25, -0.2) is 0 Å². The molecule has 0 fully saturated rings. The molecule has 0 unspecified atom stereocenters. The minimum Gasteiger partial charge on any atom is -0.467 e. The van der Waals surface area contributed by atoms with Crippen LogP contribution in [0, 0.1) is 0 Å². The van der Waals surface area contributed by atoms with Gasteiger partial charge in [0.15, 0.2) is 0 Å². The Kier molecular flexibility index (Phi) is 5.97. The summed E-state index contributed by atoms with van der Waals surface area (Å²) in [5, 5.41) is 0. The lowest BCUT2D eigenvalue weighted by atomic mass is 10.2. The number of furan rings is 1. The lowest BCUT2D eigenvalue weighted by molar-refractivity contribution is -0.130. The third kappa shape index (κ3) is 4.71. The SMILES string of the molecule is CCN(C(=O)CCN(Cc1ccco1)C(C)=O)c1ccccc1. The molecule has 5 nitrogen and oxygen atoms in total. The molecule has 2 aromatic rings. The van der Waals surface area contributed by atoms with Gasteiger partial charge in [-0.1, -0.05) is 18.2 Å². The van der Waals surface area contributed by atoms with Crippen LogP contribution in [0.5, 0.6) is 0 Å². The summed E-state index contributed by atoms with van der Waals surface area (Å²) < 4.78 is 5.27. The second-order valence-corrected chi connectivity index (χ2v) is 5.24. The summed E-state index contributed by atoms with van der Waals surface area (Å²) >= 11 is 0. The third-order valence-electron chi connectivity index (χ3n) is 3.65. The molecule has 0 N–H and O–H groups in total. The van der Waals surface area contributed by atoms with Gasteiger partial charge >= 0.3 is 0 Å². The number of carbonyl (C=O) groups excluding carboxylic acids is 2. The summed E-state index contributed by atoms with van der Waals surface area (Å²) in [6.45, 7) is 4.80. The van der Waals surface area contributed by atoms with Gasteiger partial charge in [-0.15, -0.1) is 0 Å². The fourth-order valence-corrected chi connectivity index (χ4v) is 2.41. The van der Waals surface area contributed by atoms with Crippen LogP contribution >= 0.6 is 0 Å². The average Bonchev–Trinajstić information content (AvgIpc) is 3.06. The van der Waals surface area contributed by atoms with Gasteiger partial charge in [0.25, 0.3) is 0 Å². The van der Waals surface area contributed by atoms with Crippen molar-refractivity contribution in [2.24, 2.45) is 0 Å². The highest BCUT2D eigenvalue weighted by atomic mass is 16.3. The Balaban J connectivity index is 1.96. The molecule has 2 amide bonds. The first kappa shape index (κ1) is 16.8. The normalized spacial score (nSPS) is 10.3. The molecule has 1 aromatic heterocycles. The number of hydrogen-bond acceptors (Lipinski definition) is 3. The van der Waals surface area contributed by atoms with Crippen molar-refractivity contribution < 1.29 is 14.0 Å². The maximum Gasteiger partial charge on any atom is 0.228 e. The molecule has 1 aromatic carbocycles. The highest BCUT2D eigenvalue weighted by molar-refractivity contribution is 5.93. The predicted molar refractivity (Wildman–Crippen MR) is 88.9 cm³/mol. The fraction of sp³-hybridized carbons (Fsp3) is 0.333. The second-order valence-electron chi connectivity index (χ2n) is 5.24. The van der Waals surface area contributed by atoms with Gasteiger partial charge in [-0.3, -0.25) is 9.59 Å². The topological polar surface area (TPSA) is 53.8 Å². The molecule has 0 radical (unpaired) electrons. The van der Waals surface area contributed by atoms with Crippen molar-refractivity contribution in [3.05, 3.63) is 54.5 Å². The van der Waals surface area contributed by atoms with Gasteiger partial charge in [-0.2, -0.15) is 0 Å². The molecule has 0 aliphatic rings.